The Balaban J connectivity index is 2.24. The molecule has 1 unspecified atom stereocenters. The number of halogens is 4. The second-order valence-corrected chi connectivity index (χ2v) is 5.70. The summed E-state index contributed by atoms with van der Waals surface area (Å²) in [5.74, 6) is -2.52. The van der Waals surface area contributed by atoms with Crippen LogP contribution in [-0.2, 0) is 18.2 Å². The molecule has 0 saturated carbocycles. The molecule has 1 atom stereocenters. The standard InChI is InChI=1S/C17H12F4O3/c18-14-7-9-5-6-16(24,13(9)8-10(14)15(22)23)11-3-1-2-4-12(11)17(19,20)21/h1-4,7-8,24H,5-6H2,(H,22,23). The SMILES string of the molecule is O=C(O)c1cc2c(cc1F)CCC2(O)c1ccccc1C(F)(F)F. The van der Waals surface area contributed by atoms with Gasteiger partial charge < -0.3 is 10.2 Å². The van der Waals surface area contributed by atoms with Gasteiger partial charge in [0.25, 0.3) is 0 Å². The van der Waals surface area contributed by atoms with Crippen molar-refractivity contribution >= 4 is 5.97 Å². The van der Waals surface area contributed by atoms with Gasteiger partial charge in [-0.15, -0.1) is 0 Å². The summed E-state index contributed by atoms with van der Waals surface area (Å²) >= 11 is 0. The Hall–Kier alpha value is -2.41. The maximum absolute atomic E-state index is 13.8. The van der Waals surface area contributed by atoms with Crippen LogP contribution in [0.15, 0.2) is 36.4 Å². The van der Waals surface area contributed by atoms with E-state index in [2.05, 4.69) is 0 Å². The van der Waals surface area contributed by atoms with Crippen molar-refractivity contribution in [2.45, 2.75) is 24.6 Å². The molecule has 3 nitrogen and oxygen atoms in total. The maximum atomic E-state index is 13.8. The van der Waals surface area contributed by atoms with Crippen LogP contribution in [0.3, 0.4) is 0 Å². The van der Waals surface area contributed by atoms with E-state index in [9.17, 15) is 27.5 Å². The first kappa shape index (κ1) is 16.4. The molecule has 7 heteroatoms. The summed E-state index contributed by atoms with van der Waals surface area (Å²) in [6.07, 6.45) is -4.61. The third kappa shape index (κ3) is 2.45. The summed E-state index contributed by atoms with van der Waals surface area (Å²) in [6.45, 7) is 0. The number of hydrogen-bond acceptors (Lipinski definition) is 2. The summed E-state index contributed by atoms with van der Waals surface area (Å²) < 4.78 is 53.5. The van der Waals surface area contributed by atoms with Crippen molar-refractivity contribution in [3.8, 4) is 0 Å². The van der Waals surface area contributed by atoms with E-state index < -0.39 is 34.7 Å². The number of carboxylic acid groups (broad SMARTS) is 1. The van der Waals surface area contributed by atoms with E-state index >= 15 is 0 Å². The molecule has 24 heavy (non-hydrogen) atoms. The minimum Gasteiger partial charge on any atom is -0.478 e. The molecule has 2 N–H and O–H groups in total. The van der Waals surface area contributed by atoms with Crippen molar-refractivity contribution in [3.05, 3.63) is 70.0 Å². The molecule has 0 fully saturated rings. The molecular formula is C17H12F4O3. The van der Waals surface area contributed by atoms with Gasteiger partial charge in [0.05, 0.1) is 11.1 Å². The molecule has 1 aliphatic rings. The average Bonchev–Trinajstić information content (AvgIpc) is 2.83. The van der Waals surface area contributed by atoms with Crippen molar-refractivity contribution in [3.63, 3.8) is 0 Å². The lowest BCUT2D eigenvalue weighted by atomic mass is 9.84. The molecule has 3 rings (SSSR count). The Labute approximate surface area is 134 Å². The van der Waals surface area contributed by atoms with E-state index in [1.54, 1.807) is 0 Å². The minimum atomic E-state index is -4.68. The van der Waals surface area contributed by atoms with Crippen LogP contribution in [-0.4, -0.2) is 16.2 Å². The molecule has 0 saturated heterocycles. The number of fused-ring (bicyclic) bond motifs is 1. The zero-order valence-electron chi connectivity index (χ0n) is 12.2. The van der Waals surface area contributed by atoms with E-state index in [0.717, 1.165) is 24.3 Å². The number of aromatic carboxylic acids is 1. The molecule has 2 aromatic rings. The van der Waals surface area contributed by atoms with Crippen LogP contribution in [0.1, 0.15) is 39.0 Å². The molecule has 126 valence electrons. The minimum absolute atomic E-state index is 0.00185. The predicted octanol–water partition coefficient (Wildman–Crippen LogP) is 3.72. The van der Waals surface area contributed by atoms with Gasteiger partial charge in [0.2, 0.25) is 0 Å². The zero-order valence-corrected chi connectivity index (χ0v) is 12.2. The summed E-state index contributed by atoms with van der Waals surface area (Å²) in [7, 11) is 0. The molecule has 2 aromatic carbocycles. The van der Waals surface area contributed by atoms with Crippen molar-refractivity contribution in [1.29, 1.82) is 0 Å². The Bertz CT molecular complexity index is 829. The lowest BCUT2D eigenvalue weighted by molar-refractivity contribution is -0.140. The summed E-state index contributed by atoms with van der Waals surface area (Å²) in [5.41, 5.74) is -3.76. The first-order valence-electron chi connectivity index (χ1n) is 7.10. The highest BCUT2D eigenvalue weighted by molar-refractivity contribution is 5.88. The fourth-order valence-corrected chi connectivity index (χ4v) is 3.19. The van der Waals surface area contributed by atoms with Crippen LogP contribution in [0.4, 0.5) is 17.6 Å². The largest absolute Gasteiger partial charge is 0.478 e. The fourth-order valence-electron chi connectivity index (χ4n) is 3.19. The lowest BCUT2D eigenvalue weighted by Gasteiger charge is -2.28. The molecular weight excluding hydrogens is 328 g/mol. The Morgan fingerprint density at radius 2 is 1.79 bits per heavy atom. The van der Waals surface area contributed by atoms with Crippen LogP contribution < -0.4 is 0 Å². The predicted molar refractivity (Wildman–Crippen MR) is 76.1 cm³/mol. The molecule has 0 amide bonds. The number of rotatable bonds is 2. The number of aryl methyl sites for hydroxylation is 1. The molecule has 0 aliphatic heterocycles. The van der Waals surface area contributed by atoms with Gasteiger partial charge in [-0.1, -0.05) is 18.2 Å². The monoisotopic (exact) mass is 340 g/mol. The third-order valence-electron chi connectivity index (χ3n) is 4.30. The second-order valence-electron chi connectivity index (χ2n) is 5.70. The molecule has 1 aliphatic carbocycles. The fraction of sp³-hybridized carbons (Fsp3) is 0.235. The van der Waals surface area contributed by atoms with Gasteiger partial charge in [-0.2, -0.15) is 13.2 Å². The lowest BCUT2D eigenvalue weighted by Crippen LogP contribution is -2.28. The molecule has 0 aromatic heterocycles. The van der Waals surface area contributed by atoms with E-state index in [-0.39, 0.29) is 24.0 Å². The number of alkyl halides is 3. The Morgan fingerprint density at radius 3 is 2.42 bits per heavy atom. The van der Waals surface area contributed by atoms with Gasteiger partial charge in [-0.25, -0.2) is 9.18 Å². The number of benzene rings is 2. The van der Waals surface area contributed by atoms with Crippen molar-refractivity contribution in [2.24, 2.45) is 0 Å². The third-order valence-corrected chi connectivity index (χ3v) is 4.30. The van der Waals surface area contributed by atoms with Gasteiger partial charge in [0.1, 0.15) is 11.4 Å². The normalized spacial score (nSPS) is 20.0. The van der Waals surface area contributed by atoms with Crippen molar-refractivity contribution < 1.29 is 32.6 Å². The molecule has 0 bridgehead atoms. The number of carbonyl (C=O) groups is 1. The van der Waals surface area contributed by atoms with Crippen LogP contribution in [0.25, 0.3) is 0 Å². The van der Waals surface area contributed by atoms with E-state index in [1.807, 2.05) is 0 Å². The average molecular weight is 340 g/mol. The highest BCUT2D eigenvalue weighted by Crippen LogP contribution is 2.47. The second kappa shape index (κ2) is 5.31. The molecule has 0 heterocycles. The highest BCUT2D eigenvalue weighted by atomic mass is 19.4. The maximum Gasteiger partial charge on any atom is 0.416 e. The van der Waals surface area contributed by atoms with E-state index in [1.165, 1.54) is 12.1 Å². The van der Waals surface area contributed by atoms with Gasteiger partial charge in [-0.05, 0) is 42.2 Å². The van der Waals surface area contributed by atoms with Crippen molar-refractivity contribution in [1.82, 2.24) is 0 Å². The number of hydrogen-bond donors (Lipinski definition) is 2. The summed E-state index contributed by atoms with van der Waals surface area (Å²) in [6, 6.07) is 6.47. The van der Waals surface area contributed by atoms with Crippen molar-refractivity contribution in [2.75, 3.05) is 0 Å². The topological polar surface area (TPSA) is 57.5 Å². The molecule has 0 radical (unpaired) electrons. The quantitative estimate of drug-likeness (QED) is 0.819. The highest BCUT2D eigenvalue weighted by Gasteiger charge is 2.45. The first-order valence-corrected chi connectivity index (χ1v) is 7.10. The Kier molecular flexibility index (Phi) is 3.64. The van der Waals surface area contributed by atoms with Crippen LogP contribution >= 0.6 is 0 Å². The van der Waals surface area contributed by atoms with Gasteiger partial charge in [0, 0.05) is 5.56 Å². The summed E-state index contributed by atoms with van der Waals surface area (Å²) in [4.78, 5) is 11.1. The number of carboxylic acids is 1. The summed E-state index contributed by atoms with van der Waals surface area (Å²) in [5, 5.41) is 20.0. The van der Waals surface area contributed by atoms with Crippen LogP contribution in [0.2, 0.25) is 0 Å². The van der Waals surface area contributed by atoms with Crippen LogP contribution in [0, 0.1) is 5.82 Å². The van der Waals surface area contributed by atoms with E-state index in [0.29, 0.717) is 5.56 Å². The zero-order chi connectivity index (χ0) is 17.7. The van der Waals surface area contributed by atoms with Gasteiger partial charge >= 0.3 is 12.1 Å². The Morgan fingerprint density at radius 1 is 1.12 bits per heavy atom. The number of aliphatic hydroxyl groups is 1. The van der Waals surface area contributed by atoms with Gasteiger partial charge in [0.15, 0.2) is 0 Å². The first-order chi connectivity index (χ1) is 11.1. The van der Waals surface area contributed by atoms with Gasteiger partial charge in [-0.3, -0.25) is 0 Å². The van der Waals surface area contributed by atoms with Crippen LogP contribution in [0.5, 0.6) is 0 Å². The van der Waals surface area contributed by atoms with E-state index in [4.69, 9.17) is 5.11 Å². The molecule has 0 spiro atoms. The smallest absolute Gasteiger partial charge is 0.416 e.